The number of rotatable bonds is 3. The number of pyridine rings is 1. The molecule has 2 heterocycles. The summed E-state index contributed by atoms with van der Waals surface area (Å²) in [5.74, 6) is -6.37. The lowest BCUT2D eigenvalue weighted by atomic mass is 9.78. The molecule has 0 radical (unpaired) electrons. The molecule has 1 aromatic carbocycles. The van der Waals surface area contributed by atoms with E-state index in [2.05, 4.69) is 20.0 Å². The first-order valence-corrected chi connectivity index (χ1v) is 8.30. The number of amidine groups is 1. The van der Waals surface area contributed by atoms with Gasteiger partial charge in [0.05, 0.1) is 13.3 Å². The van der Waals surface area contributed by atoms with Crippen molar-refractivity contribution in [3.8, 4) is 0 Å². The predicted octanol–water partition coefficient (Wildman–Crippen LogP) is 2.73. The number of ether oxygens (including phenoxy) is 1. The molecule has 1 aliphatic heterocycles. The molecule has 28 heavy (non-hydrogen) atoms. The van der Waals surface area contributed by atoms with Gasteiger partial charge in [0, 0.05) is 11.1 Å². The Balaban J connectivity index is 2.25. The molecule has 0 fully saturated rings. The first-order valence-electron chi connectivity index (χ1n) is 7.92. The van der Waals surface area contributed by atoms with Crippen molar-refractivity contribution in [3.05, 3.63) is 64.2 Å². The summed E-state index contributed by atoms with van der Waals surface area (Å²) in [6.07, 6.45) is 0.746. The summed E-state index contributed by atoms with van der Waals surface area (Å²) in [4.78, 5) is 32.8. The molecule has 1 N–H and O–H groups in total. The molecule has 6 nitrogen and oxygen atoms in total. The minimum atomic E-state index is -1.70. The van der Waals surface area contributed by atoms with Crippen molar-refractivity contribution in [1.82, 2.24) is 10.3 Å². The van der Waals surface area contributed by atoms with Crippen molar-refractivity contribution in [2.45, 2.75) is 12.5 Å². The van der Waals surface area contributed by atoms with E-state index in [4.69, 9.17) is 11.6 Å². The number of nitrogens with one attached hydrogen (secondary N) is 1. The molecule has 0 aliphatic carbocycles. The van der Waals surface area contributed by atoms with Crippen molar-refractivity contribution in [1.29, 1.82) is 0 Å². The molecule has 0 bridgehead atoms. The van der Waals surface area contributed by atoms with Crippen LogP contribution in [0.2, 0.25) is 5.02 Å². The van der Waals surface area contributed by atoms with Gasteiger partial charge in [-0.3, -0.25) is 14.6 Å². The van der Waals surface area contributed by atoms with E-state index in [1.54, 1.807) is 0 Å². The van der Waals surface area contributed by atoms with Crippen molar-refractivity contribution in [2.75, 3.05) is 7.11 Å². The van der Waals surface area contributed by atoms with Gasteiger partial charge < -0.3 is 10.1 Å². The number of aromatic nitrogens is 1. The monoisotopic (exact) mass is 411 g/mol. The van der Waals surface area contributed by atoms with Crippen LogP contribution in [0, 0.1) is 23.4 Å². The number of esters is 1. The van der Waals surface area contributed by atoms with Gasteiger partial charge >= 0.3 is 5.97 Å². The van der Waals surface area contributed by atoms with Crippen LogP contribution in [0.3, 0.4) is 0 Å². The molecule has 0 spiro atoms. The standard InChI is InChI=1S/C18H13ClF3N3O3/c1-18(8-3-9(19)5-10(20)4-8)13(17(27)28-2)16(26)24-15(25-18)14-12(22)6-11(21)7-23-14/h3-7,13H,1-2H3,(H,24,25,26). The van der Waals surface area contributed by atoms with E-state index in [0.29, 0.717) is 6.07 Å². The maximum Gasteiger partial charge on any atom is 0.321 e. The number of hydrogen-bond acceptors (Lipinski definition) is 5. The Bertz CT molecular complexity index is 995. The summed E-state index contributed by atoms with van der Waals surface area (Å²) in [6, 6.07) is 3.99. The zero-order valence-electron chi connectivity index (χ0n) is 14.6. The number of carbonyl (C=O) groups excluding carboxylic acids is 2. The van der Waals surface area contributed by atoms with Crippen molar-refractivity contribution in [2.24, 2.45) is 10.9 Å². The molecular formula is C18H13ClF3N3O3. The number of nitrogens with zero attached hydrogens (tertiary/aromatic N) is 2. The van der Waals surface area contributed by atoms with Crippen LogP contribution in [0.1, 0.15) is 18.2 Å². The third-order valence-corrected chi connectivity index (χ3v) is 4.54. The molecule has 146 valence electrons. The number of benzene rings is 1. The van der Waals surface area contributed by atoms with Gasteiger partial charge in [-0.2, -0.15) is 0 Å². The van der Waals surface area contributed by atoms with E-state index in [9.17, 15) is 22.8 Å². The smallest absolute Gasteiger partial charge is 0.321 e. The van der Waals surface area contributed by atoms with Crippen LogP contribution in [-0.2, 0) is 19.9 Å². The Morgan fingerprint density at radius 2 is 1.93 bits per heavy atom. The van der Waals surface area contributed by atoms with Gasteiger partial charge in [0.15, 0.2) is 17.6 Å². The number of amides is 1. The van der Waals surface area contributed by atoms with E-state index in [1.165, 1.54) is 13.0 Å². The molecule has 1 amide bonds. The topological polar surface area (TPSA) is 80.7 Å². The Morgan fingerprint density at radius 1 is 1.21 bits per heavy atom. The van der Waals surface area contributed by atoms with E-state index < -0.39 is 46.5 Å². The normalized spacial score (nSPS) is 21.7. The van der Waals surface area contributed by atoms with Crippen LogP contribution in [0.15, 0.2) is 35.5 Å². The minimum Gasteiger partial charge on any atom is -0.468 e. The highest BCUT2D eigenvalue weighted by molar-refractivity contribution is 6.30. The number of aliphatic imine (C=N–C) groups is 1. The minimum absolute atomic E-state index is 0.00802. The lowest BCUT2D eigenvalue weighted by Crippen LogP contribution is -2.54. The largest absolute Gasteiger partial charge is 0.468 e. The third kappa shape index (κ3) is 3.45. The average Bonchev–Trinajstić information content (AvgIpc) is 2.60. The molecule has 2 unspecified atom stereocenters. The van der Waals surface area contributed by atoms with E-state index in [-0.39, 0.29) is 16.4 Å². The lowest BCUT2D eigenvalue weighted by molar-refractivity contribution is -0.153. The first-order chi connectivity index (χ1) is 13.2. The van der Waals surface area contributed by atoms with Gasteiger partial charge in [0.2, 0.25) is 5.91 Å². The van der Waals surface area contributed by atoms with E-state index in [1.807, 2.05) is 0 Å². The summed E-state index contributed by atoms with van der Waals surface area (Å²) in [6.45, 7) is 1.37. The fourth-order valence-electron chi connectivity index (χ4n) is 3.00. The molecule has 3 rings (SSSR count). The number of hydrogen-bond donors (Lipinski definition) is 1. The fourth-order valence-corrected chi connectivity index (χ4v) is 3.22. The molecule has 1 aromatic heterocycles. The van der Waals surface area contributed by atoms with Gasteiger partial charge in [-0.25, -0.2) is 18.2 Å². The summed E-state index contributed by atoms with van der Waals surface area (Å²) in [7, 11) is 1.08. The number of carbonyl (C=O) groups is 2. The van der Waals surface area contributed by atoms with Crippen LogP contribution < -0.4 is 5.32 Å². The average molecular weight is 412 g/mol. The molecule has 2 aromatic rings. The Kier molecular flexibility index (Phi) is 5.12. The summed E-state index contributed by atoms with van der Waals surface area (Å²) in [5.41, 5.74) is -2.05. The Hall–Kier alpha value is -2.94. The molecular weight excluding hydrogens is 399 g/mol. The second-order valence-corrected chi connectivity index (χ2v) is 6.63. The van der Waals surface area contributed by atoms with Gasteiger partial charge in [-0.1, -0.05) is 11.6 Å². The van der Waals surface area contributed by atoms with Crippen molar-refractivity contribution >= 4 is 29.3 Å². The quantitative estimate of drug-likeness (QED) is 0.622. The summed E-state index contributed by atoms with van der Waals surface area (Å²) >= 11 is 5.91. The van der Waals surface area contributed by atoms with Crippen LogP contribution >= 0.6 is 11.6 Å². The van der Waals surface area contributed by atoms with Crippen molar-refractivity contribution in [3.63, 3.8) is 0 Å². The van der Waals surface area contributed by atoms with Gasteiger partial charge in [0.25, 0.3) is 0 Å². The first kappa shape index (κ1) is 19.8. The number of methoxy groups -OCH3 is 1. The maximum atomic E-state index is 14.2. The highest BCUT2D eigenvalue weighted by atomic mass is 35.5. The van der Waals surface area contributed by atoms with Crippen LogP contribution in [0.4, 0.5) is 13.2 Å². The van der Waals surface area contributed by atoms with Crippen LogP contribution in [0.25, 0.3) is 0 Å². The molecule has 0 saturated heterocycles. The highest BCUT2D eigenvalue weighted by Gasteiger charge is 2.50. The van der Waals surface area contributed by atoms with Crippen molar-refractivity contribution < 1.29 is 27.5 Å². The Morgan fingerprint density at radius 3 is 2.54 bits per heavy atom. The molecule has 0 saturated carbocycles. The SMILES string of the molecule is COC(=O)C1C(=O)NC(c2ncc(F)cc2F)=NC1(C)c1cc(F)cc(Cl)c1. The zero-order chi connectivity index (χ0) is 20.6. The zero-order valence-corrected chi connectivity index (χ0v) is 15.4. The molecule has 2 atom stereocenters. The number of halogens is 4. The Labute approximate surface area is 162 Å². The van der Waals surface area contributed by atoms with Gasteiger partial charge in [0.1, 0.15) is 22.9 Å². The van der Waals surface area contributed by atoms with Gasteiger partial charge in [-0.05, 0) is 30.7 Å². The van der Waals surface area contributed by atoms with E-state index >= 15 is 0 Å². The second-order valence-electron chi connectivity index (χ2n) is 6.20. The maximum absolute atomic E-state index is 14.2. The summed E-state index contributed by atoms with van der Waals surface area (Å²) < 4.78 is 45.9. The van der Waals surface area contributed by atoms with Crippen LogP contribution in [0.5, 0.6) is 0 Å². The third-order valence-electron chi connectivity index (χ3n) is 4.33. The predicted molar refractivity (Wildman–Crippen MR) is 93.1 cm³/mol. The molecule has 1 aliphatic rings. The highest BCUT2D eigenvalue weighted by Crippen LogP contribution is 2.39. The van der Waals surface area contributed by atoms with Crippen LogP contribution in [-0.4, -0.2) is 29.8 Å². The lowest BCUT2D eigenvalue weighted by Gasteiger charge is -2.36. The fraction of sp³-hybridized carbons (Fsp3) is 0.222. The van der Waals surface area contributed by atoms with Gasteiger partial charge in [-0.15, -0.1) is 0 Å². The van der Waals surface area contributed by atoms with E-state index in [0.717, 1.165) is 25.4 Å². The summed E-state index contributed by atoms with van der Waals surface area (Å²) in [5, 5.41) is 2.28. The second kappa shape index (κ2) is 7.23. The molecule has 10 heteroatoms.